The third-order valence-electron chi connectivity index (χ3n) is 2.45. The summed E-state index contributed by atoms with van der Waals surface area (Å²) in [7, 11) is -2.85. The fourth-order valence-electron chi connectivity index (χ4n) is 1.50. The topological polar surface area (TPSA) is 75.7 Å². The predicted octanol–water partition coefficient (Wildman–Crippen LogP) is 1.23. The molecule has 0 radical (unpaired) electrons. The second-order valence-corrected chi connectivity index (χ2v) is 5.85. The molecule has 0 spiro atoms. The van der Waals surface area contributed by atoms with Crippen molar-refractivity contribution in [3.63, 3.8) is 0 Å². The predicted molar refractivity (Wildman–Crippen MR) is 68.9 cm³/mol. The third kappa shape index (κ3) is 4.25. The minimum Gasteiger partial charge on any atom is -0.453 e. The summed E-state index contributed by atoms with van der Waals surface area (Å²) >= 11 is 0. The molecule has 0 saturated carbocycles. The van der Waals surface area contributed by atoms with Crippen LogP contribution >= 0.6 is 0 Å². The van der Waals surface area contributed by atoms with Crippen molar-refractivity contribution in [3.05, 3.63) is 29.6 Å². The van der Waals surface area contributed by atoms with Crippen LogP contribution in [0.15, 0.2) is 12.1 Å². The number of nitrogens with zero attached hydrogens (tertiary/aromatic N) is 1. The van der Waals surface area contributed by atoms with Crippen LogP contribution in [0.25, 0.3) is 0 Å². The van der Waals surface area contributed by atoms with Crippen LogP contribution in [0, 0.1) is 17.5 Å². The van der Waals surface area contributed by atoms with Gasteiger partial charge in [0, 0.05) is 6.54 Å². The van der Waals surface area contributed by atoms with Gasteiger partial charge >= 0.3 is 6.09 Å². The summed E-state index contributed by atoms with van der Waals surface area (Å²) in [4.78, 5) is 10.9. The second kappa shape index (κ2) is 6.66. The molecule has 0 unspecified atom stereocenters. The number of rotatable bonds is 5. The molecule has 6 nitrogen and oxygen atoms in total. The number of carbonyl (C=O) groups excluding carboxylic acids is 1. The van der Waals surface area contributed by atoms with Crippen LogP contribution in [0.3, 0.4) is 0 Å². The summed E-state index contributed by atoms with van der Waals surface area (Å²) < 4.78 is 67.8. The second-order valence-electron chi connectivity index (χ2n) is 3.95. The van der Waals surface area contributed by atoms with Gasteiger partial charge < -0.3 is 10.1 Å². The Bertz CT molecular complexity index is 637. The fourth-order valence-corrected chi connectivity index (χ4v) is 2.43. The Balaban J connectivity index is 3.05. The zero-order valence-corrected chi connectivity index (χ0v) is 12.0. The van der Waals surface area contributed by atoms with Crippen molar-refractivity contribution in [2.45, 2.75) is 0 Å². The van der Waals surface area contributed by atoms with Gasteiger partial charge in [0.25, 0.3) is 0 Å². The lowest BCUT2D eigenvalue weighted by molar-refractivity contribution is 0.171. The molecular formula is C11H13F3N2O4S. The SMILES string of the molecule is COC(=O)NCCN(c1ccc(F)c(F)c1F)S(C)(=O)=O. The van der Waals surface area contributed by atoms with Crippen LogP contribution in [0.1, 0.15) is 0 Å². The van der Waals surface area contributed by atoms with Gasteiger partial charge in [0.15, 0.2) is 17.5 Å². The van der Waals surface area contributed by atoms with E-state index in [-0.39, 0.29) is 13.1 Å². The number of carbonyl (C=O) groups is 1. The zero-order chi connectivity index (χ0) is 16.2. The van der Waals surface area contributed by atoms with Gasteiger partial charge in [-0.25, -0.2) is 26.4 Å². The van der Waals surface area contributed by atoms with Crippen molar-refractivity contribution < 1.29 is 31.1 Å². The third-order valence-corrected chi connectivity index (χ3v) is 3.63. The molecule has 10 heteroatoms. The first-order chi connectivity index (χ1) is 9.68. The van der Waals surface area contributed by atoms with E-state index in [9.17, 15) is 26.4 Å². The van der Waals surface area contributed by atoms with Crippen molar-refractivity contribution >= 4 is 21.8 Å². The van der Waals surface area contributed by atoms with E-state index < -0.39 is 39.3 Å². The molecule has 1 aromatic carbocycles. The number of methoxy groups -OCH3 is 1. The van der Waals surface area contributed by atoms with E-state index in [4.69, 9.17) is 0 Å². The normalized spacial score (nSPS) is 11.1. The fraction of sp³-hybridized carbons (Fsp3) is 0.364. The number of ether oxygens (including phenoxy) is 1. The lowest BCUT2D eigenvalue weighted by atomic mass is 10.3. The molecule has 1 aromatic rings. The number of hydrogen-bond acceptors (Lipinski definition) is 4. The summed E-state index contributed by atoms with van der Waals surface area (Å²) in [6, 6.07) is 1.41. The van der Waals surface area contributed by atoms with Crippen molar-refractivity contribution in [2.24, 2.45) is 0 Å². The first-order valence-electron chi connectivity index (χ1n) is 5.61. The average molecular weight is 326 g/mol. The highest BCUT2D eigenvalue weighted by atomic mass is 32.2. The summed E-state index contributed by atoms with van der Waals surface area (Å²) in [5, 5.41) is 2.19. The van der Waals surface area contributed by atoms with Crippen molar-refractivity contribution in [1.82, 2.24) is 5.32 Å². The summed E-state index contributed by atoms with van der Waals surface area (Å²) in [6.45, 7) is -0.589. The quantitative estimate of drug-likeness (QED) is 0.826. The minimum absolute atomic E-state index is 0.210. The van der Waals surface area contributed by atoms with Crippen molar-refractivity contribution in [1.29, 1.82) is 0 Å². The highest BCUT2D eigenvalue weighted by Crippen LogP contribution is 2.25. The maximum absolute atomic E-state index is 13.7. The molecule has 21 heavy (non-hydrogen) atoms. The molecule has 0 fully saturated rings. The Hall–Kier alpha value is -1.97. The Morgan fingerprint density at radius 2 is 1.90 bits per heavy atom. The molecule has 1 N–H and O–H groups in total. The molecule has 0 saturated heterocycles. The number of halogens is 3. The van der Waals surface area contributed by atoms with Crippen LogP contribution in [0.2, 0.25) is 0 Å². The van der Waals surface area contributed by atoms with Crippen LogP contribution in [-0.2, 0) is 14.8 Å². The summed E-state index contributed by atoms with van der Waals surface area (Å²) in [5.74, 6) is -4.84. The molecule has 1 rings (SSSR count). The maximum Gasteiger partial charge on any atom is 0.406 e. The van der Waals surface area contributed by atoms with Gasteiger partial charge in [-0.2, -0.15) is 0 Å². The van der Waals surface area contributed by atoms with E-state index >= 15 is 0 Å². The van der Waals surface area contributed by atoms with E-state index in [1.165, 1.54) is 0 Å². The molecule has 0 aromatic heterocycles. The Labute approximate surface area is 119 Å². The number of anilines is 1. The summed E-state index contributed by atoms with van der Waals surface area (Å²) in [6.07, 6.45) is -0.0412. The van der Waals surface area contributed by atoms with E-state index in [1.54, 1.807) is 0 Å². The van der Waals surface area contributed by atoms with Crippen molar-refractivity contribution in [3.8, 4) is 0 Å². The van der Waals surface area contributed by atoms with Gasteiger partial charge in [-0.3, -0.25) is 4.31 Å². The lowest BCUT2D eigenvalue weighted by Gasteiger charge is -2.23. The molecule has 0 aliphatic heterocycles. The van der Waals surface area contributed by atoms with Crippen LogP contribution in [-0.4, -0.2) is 41.0 Å². The average Bonchev–Trinajstić information content (AvgIpc) is 2.40. The number of alkyl carbamates (subject to hydrolysis) is 1. The number of benzene rings is 1. The molecule has 0 atom stereocenters. The first kappa shape index (κ1) is 17.1. The smallest absolute Gasteiger partial charge is 0.406 e. The lowest BCUT2D eigenvalue weighted by Crippen LogP contribution is -2.38. The molecule has 0 heterocycles. The van der Waals surface area contributed by atoms with Crippen LogP contribution in [0.4, 0.5) is 23.7 Å². The highest BCUT2D eigenvalue weighted by molar-refractivity contribution is 7.92. The Kier molecular flexibility index (Phi) is 5.41. The van der Waals surface area contributed by atoms with Gasteiger partial charge in [0.05, 0.1) is 25.6 Å². The molecule has 118 valence electrons. The molecule has 0 bridgehead atoms. The number of sulfonamides is 1. The number of hydrogen-bond donors (Lipinski definition) is 1. The largest absolute Gasteiger partial charge is 0.453 e. The van der Waals surface area contributed by atoms with Gasteiger partial charge in [-0.15, -0.1) is 0 Å². The monoisotopic (exact) mass is 326 g/mol. The standard InChI is InChI=1S/C11H13F3N2O4S/c1-20-11(17)15-5-6-16(21(2,18)19)8-4-3-7(12)9(13)10(8)14/h3-4H,5-6H2,1-2H3,(H,15,17). The van der Waals surface area contributed by atoms with Crippen molar-refractivity contribution in [2.75, 3.05) is 30.8 Å². The minimum atomic E-state index is -3.96. The Morgan fingerprint density at radius 3 is 2.43 bits per heavy atom. The van der Waals surface area contributed by atoms with E-state index in [0.29, 0.717) is 10.4 Å². The van der Waals surface area contributed by atoms with Gasteiger partial charge in [-0.1, -0.05) is 0 Å². The highest BCUT2D eigenvalue weighted by Gasteiger charge is 2.24. The summed E-state index contributed by atoms with van der Waals surface area (Å²) in [5.41, 5.74) is -0.650. The van der Waals surface area contributed by atoms with E-state index in [1.807, 2.05) is 0 Å². The maximum atomic E-state index is 13.7. The number of nitrogens with one attached hydrogen (secondary N) is 1. The Morgan fingerprint density at radius 1 is 1.29 bits per heavy atom. The number of amides is 1. The van der Waals surface area contributed by atoms with Gasteiger partial charge in [-0.05, 0) is 12.1 Å². The zero-order valence-electron chi connectivity index (χ0n) is 11.2. The van der Waals surface area contributed by atoms with E-state index in [2.05, 4.69) is 10.1 Å². The van der Waals surface area contributed by atoms with Crippen LogP contribution < -0.4 is 9.62 Å². The molecular weight excluding hydrogens is 313 g/mol. The molecule has 0 aliphatic rings. The van der Waals surface area contributed by atoms with Gasteiger partial charge in [0.1, 0.15) is 0 Å². The van der Waals surface area contributed by atoms with E-state index in [0.717, 1.165) is 19.4 Å². The first-order valence-corrected chi connectivity index (χ1v) is 7.46. The molecule has 0 aliphatic carbocycles. The van der Waals surface area contributed by atoms with Crippen LogP contribution in [0.5, 0.6) is 0 Å². The van der Waals surface area contributed by atoms with Gasteiger partial charge in [0.2, 0.25) is 10.0 Å². The molecule has 1 amide bonds.